The van der Waals surface area contributed by atoms with Crippen LogP contribution in [0.15, 0.2) is 61.2 Å². The Labute approximate surface area is 189 Å². The first-order valence-corrected chi connectivity index (χ1v) is 10.9. The molecule has 0 saturated carbocycles. The molecular weight excluding hydrogens is 427 g/mol. The highest BCUT2D eigenvalue weighted by Gasteiger charge is 2.18. The summed E-state index contributed by atoms with van der Waals surface area (Å²) in [5, 5.41) is 3.48. The van der Waals surface area contributed by atoms with E-state index in [4.69, 9.17) is 4.98 Å². The van der Waals surface area contributed by atoms with Crippen molar-refractivity contribution in [2.24, 2.45) is 0 Å². The van der Waals surface area contributed by atoms with Gasteiger partial charge in [-0.05, 0) is 43.7 Å². The maximum atomic E-state index is 13.1. The third-order valence-electron chi connectivity index (χ3n) is 4.78. The Morgan fingerprint density at radius 1 is 1.06 bits per heavy atom. The smallest absolute Gasteiger partial charge is 0.263 e. The van der Waals surface area contributed by atoms with Crippen molar-refractivity contribution in [2.75, 3.05) is 11.4 Å². The van der Waals surface area contributed by atoms with Crippen LogP contribution in [-0.4, -0.2) is 32.4 Å². The Hall–Kier alpha value is -3.72. The fourth-order valence-corrected chi connectivity index (χ4v) is 4.11. The molecule has 0 atom stereocenters. The largest absolute Gasteiger partial charge is 0.347 e. The van der Waals surface area contributed by atoms with Crippen LogP contribution >= 0.6 is 11.3 Å². The maximum absolute atomic E-state index is 13.1. The number of rotatable bonds is 7. The van der Waals surface area contributed by atoms with E-state index < -0.39 is 0 Å². The van der Waals surface area contributed by atoms with Crippen molar-refractivity contribution < 1.29 is 9.18 Å². The number of aromatic nitrogens is 4. The molecule has 4 aromatic rings. The Kier molecular flexibility index (Phi) is 6.46. The van der Waals surface area contributed by atoms with Crippen LogP contribution in [0.4, 0.5) is 15.9 Å². The van der Waals surface area contributed by atoms with E-state index in [0.717, 1.165) is 11.3 Å². The summed E-state index contributed by atoms with van der Waals surface area (Å²) in [7, 11) is 0. The second-order valence-electron chi connectivity index (χ2n) is 6.95. The van der Waals surface area contributed by atoms with Gasteiger partial charge in [-0.3, -0.25) is 14.8 Å². The number of carbonyl (C=O) groups is 1. The Bertz CT molecular complexity index is 1210. The summed E-state index contributed by atoms with van der Waals surface area (Å²) in [6.07, 6.45) is 6.80. The molecule has 9 heteroatoms. The number of nitrogens with one attached hydrogen (secondary N) is 1. The fraction of sp³-hybridized carbons (Fsp3) is 0.174. The monoisotopic (exact) mass is 448 g/mol. The number of pyridine rings is 1. The van der Waals surface area contributed by atoms with Crippen molar-refractivity contribution in [2.45, 2.75) is 20.4 Å². The zero-order valence-electron chi connectivity index (χ0n) is 17.6. The zero-order chi connectivity index (χ0) is 22.5. The van der Waals surface area contributed by atoms with Crippen LogP contribution in [0.25, 0.3) is 10.7 Å². The van der Waals surface area contributed by atoms with Crippen LogP contribution in [0.3, 0.4) is 0 Å². The molecule has 1 N–H and O–H groups in total. The molecule has 0 radical (unpaired) electrons. The number of thiazole rings is 1. The highest BCUT2D eigenvalue weighted by atomic mass is 32.1. The molecule has 0 fully saturated rings. The molecule has 162 valence electrons. The molecule has 0 aliphatic rings. The average molecular weight is 449 g/mol. The number of benzene rings is 1. The molecule has 32 heavy (non-hydrogen) atoms. The third-order valence-corrected chi connectivity index (χ3v) is 5.96. The predicted octanol–water partition coefficient (Wildman–Crippen LogP) is 4.53. The molecule has 4 rings (SSSR count). The molecule has 3 heterocycles. The van der Waals surface area contributed by atoms with Crippen LogP contribution < -0.4 is 10.2 Å². The van der Waals surface area contributed by atoms with E-state index in [-0.39, 0.29) is 11.7 Å². The van der Waals surface area contributed by atoms with Gasteiger partial charge in [0.1, 0.15) is 21.4 Å². The minimum atomic E-state index is -0.308. The number of amides is 1. The van der Waals surface area contributed by atoms with Gasteiger partial charge >= 0.3 is 0 Å². The Balaban J connectivity index is 1.54. The van der Waals surface area contributed by atoms with Crippen molar-refractivity contribution in [3.05, 3.63) is 83.1 Å². The minimum Gasteiger partial charge on any atom is -0.347 e. The van der Waals surface area contributed by atoms with Crippen molar-refractivity contribution in [1.82, 2.24) is 25.3 Å². The third kappa shape index (κ3) is 4.78. The molecule has 0 saturated heterocycles. The van der Waals surface area contributed by atoms with Crippen LogP contribution in [0.5, 0.6) is 0 Å². The summed E-state index contributed by atoms with van der Waals surface area (Å²) in [6, 6.07) is 9.85. The fourth-order valence-electron chi connectivity index (χ4n) is 3.17. The molecule has 0 bridgehead atoms. The van der Waals surface area contributed by atoms with Gasteiger partial charge in [0.2, 0.25) is 0 Å². The van der Waals surface area contributed by atoms with Crippen LogP contribution in [-0.2, 0) is 6.54 Å². The van der Waals surface area contributed by atoms with Gasteiger partial charge in [-0.15, -0.1) is 11.3 Å². The summed E-state index contributed by atoms with van der Waals surface area (Å²) in [4.78, 5) is 32.9. The van der Waals surface area contributed by atoms with Crippen LogP contribution in [0.2, 0.25) is 0 Å². The summed E-state index contributed by atoms with van der Waals surface area (Å²) in [5.41, 5.74) is 3.00. The van der Waals surface area contributed by atoms with Gasteiger partial charge in [0.05, 0.1) is 18.1 Å². The number of anilines is 2. The van der Waals surface area contributed by atoms with Gasteiger partial charge < -0.3 is 10.2 Å². The molecule has 1 amide bonds. The maximum Gasteiger partial charge on any atom is 0.263 e. The molecule has 3 aromatic heterocycles. The Morgan fingerprint density at radius 2 is 1.81 bits per heavy atom. The van der Waals surface area contributed by atoms with E-state index in [1.54, 1.807) is 43.8 Å². The zero-order valence-corrected chi connectivity index (χ0v) is 18.4. The van der Waals surface area contributed by atoms with Gasteiger partial charge in [-0.25, -0.2) is 14.4 Å². The van der Waals surface area contributed by atoms with E-state index in [0.29, 0.717) is 40.2 Å². The number of halogens is 1. The number of carbonyl (C=O) groups excluding carboxylic acids is 1. The average Bonchev–Trinajstić information content (AvgIpc) is 3.22. The summed E-state index contributed by atoms with van der Waals surface area (Å²) >= 11 is 1.27. The van der Waals surface area contributed by atoms with Gasteiger partial charge in [0.25, 0.3) is 5.91 Å². The highest BCUT2D eigenvalue weighted by molar-refractivity contribution is 7.17. The van der Waals surface area contributed by atoms with Crippen molar-refractivity contribution in [3.63, 3.8) is 0 Å². The van der Waals surface area contributed by atoms with E-state index in [1.165, 1.54) is 23.5 Å². The van der Waals surface area contributed by atoms with Gasteiger partial charge in [0.15, 0.2) is 5.82 Å². The number of aryl methyl sites for hydroxylation is 1. The lowest BCUT2D eigenvalue weighted by Crippen LogP contribution is -2.22. The SMILES string of the molecule is CCN(c1ccncc1)c1cncc(-c2nc(C)c(C(=O)NCc3ccc(F)cc3)s2)n1. The minimum absolute atomic E-state index is 0.230. The molecule has 7 nitrogen and oxygen atoms in total. The van der Waals surface area contributed by atoms with E-state index in [2.05, 4.69) is 20.3 Å². The van der Waals surface area contributed by atoms with E-state index in [9.17, 15) is 9.18 Å². The molecule has 0 aliphatic carbocycles. The normalized spacial score (nSPS) is 10.7. The molecule has 0 spiro atoms. The lowest BCUT2D eigenvalue weighted by atomic mass is 10.2. The molecule has 1 aromatic carbocycles. The lowest BCUT2D eigenvalue weighted by molar-refractivity contribution is 0.0954. The van der Waals surface area contributed by atoms with E-state index >= 15 is 0 Å². The molecule has 0 unspecified atom stereocenters. The summed E-state index contributed by atoms with van der Waals surface area (Å²) in [5.74, 6) is 0.148. The van der Waals surface area contributed by atoms with Crippen LogP contribution in [0.1, 0.15) is 27.9 Å². The second kappa shape index (κ2) is 9.61. The number of hydrogen-bond acceptors (Lipinski definition) is 7. The first-order chi connectivity index (χ1) is 15.5. The molecular formula is C23H21FN6OS. The number of nitrogens with zero attached hydrogens (tertiary/aromatic N) is 5. The lowest BCUT2D eigenvalue weighted by Gasteiger charge is -2.21. The van der Waals surface area contributed by atoms with Gasteiger partial charge in [0, 0.05) is 31.2 Å². The first kappa shape index (κ1) is 21.5. The predicted molar refractivity (Wildman–Crippen MR) is 122 cm³/mol. The van der Waals surface area contributed by atoms with Crippen molar-refractivity contribution in [1.29, 1.82) is 0 Å². The molecule has 0 aliphatic heterocycles. The summed E-state index contributed by atoms with van der Waals surface area (Å²) in [6.45, 7) is 4.83. The highest BCUT2D eigenvalue weighted by Crippen LogP contribution is 2.29. The van der Waals surface area contributed by atoms with Gasteiger partial charge in [-0.1, -0.05) is 12.1 Å². The standard InChI is InChI=1S/C23H21FN6OS/c1-3-30(18-8-10-25-11-9-18)20-14-26-13-19(29-20)23-28-15(2)21(32-23)22(31)27-12-16-4-6-17(24)7-5-16/h4-11,13-14H,3,12H2,1-2H3,(H,27,31). The topological polar surface area (TPSA) is 83.9 Å². The van der Waals surface area contributed by atoms with E-state index in [1.807, 2.05) is 24.0 Å². The van der Waals surface area contributed by atoms with Gasteiger partial charge in [-0.2, -0.15) is 0 Å². The second-order valence-corrected chi connectivity index (χ2v) is 7.95. The number of hydrogen-bond donors (Lipinski definition) is 1. The quantitative estimate of drug-likeness (QED) is 0.447. The Morgan fingerprint density at radius 3 is 2.53 bits per heavy atom. The summed E-state index contributed by atoms with van der Waals surface area (Å²) < 4.78 is 13.1. The first-order valence-electron chi connectivity index (χ1n) is 10.0. The van der Waals surface area contributed by atoms with Crippen LogP contribution in [0, 0.1) is 12.7 Å². The van der Waals surface area contributed by atoms with Crippen molar-refractivity contribution >= 4 is 28.7 Å². The van der Waals surface area contributed by atoms with Crippen molar-refractivity contribution in [3.8, 4) is 10.7 Å².